The summed E-state index contributed by atoms with van der Waals surface area (Å²) in [4.78, 5) is 0. The number of aromatic amines is 1. The summed E-state index contributed by atoms with van der Waals surface area (Å²) in [5, 5.41) is 24.0. The van der Waals surface area contributed by atoms with Gasteiger partial charge in [0.15, 0.2) is 0 Å². The summed E-state index contributed by atoms with van der Waals surface area (Å²) in [5.41, 5.74) is 7.96. The smallest absolute Gasteiger partial charge is 0.0991 e. The van der Waals surface area contributed by atoms with Gasteiger partial charge in [0.05, 0.1) is 30.1 Å². The topological polar surface area (TPSA) is 81.2 Å². The molecule has 0 aliphatic rings. The number of benzene rings is 1. The molecule has 0 saturated carbocycles. The van der Waals surface area contributed by atoms with Crippen LogP contribution in [0.15, 0.2) is 30.5 Å². The lowest BCUT2D eigenvalue weighted by atomic mass is 10.00. The first-order valence-electron chi connectivity index (χ1n) is 7.76. The van der Waals surface area contributed by atoms with Crippen LogP contribution in [0.3, 0.4) is 0 Å². The van der Waals surface area contributed by atoms with E-state index in [1.54, 1.807) is 0 Å². The molecular weight excluding hydrogens is 298 g/mol. The number of hydrogen-bond acceptors (Lipinski definition) is 3. The van der Waals surface area contributed by atoms with Crippen molar-refractivity contribution in [1.29, 1.82) is 10.7 Å². The summed E-state index contributed by atoms with van der Waals surface area (Å²) in [6, 6.07) is 9.65. The summed E-state index contributed by atoms with van der Waals surface area (Å²) in [7, 11) is 0. The monoisotopic (exact) mass is 317 g/mol. The molecule has 0 amide bonds. The van der Waals surface area contributed by atoms with Crippen LogP contribution in [0.25, 0.3) is 11.1 Å². The number of aromatic nitrogens is 3. The Morgan fingerprint density at radius 1 is 1.21 bits per heavy atom. The first-order valence-corrected chi connectivity index (χ1v) is 7.76. The summed E-state index contributed by atoms with van der Waals surface area (Å²) in [6.45, 7) is 6.83. The Balaban J connectivity index is 2.13. The molecule has 3 aromatic rings. The zero-order valence-corrected chi connectivity index (χ0v) is 14.0. The van der Waals surface area contributed by atoms with Gasteiger partial charge in [-0.05, 0) is 44.0 Å². The highest BCUT2D eigenvalue weighted by molar-refractivity contribution is 5.92. The van der Waals surface area contributed by atoms with Gasteiger partial charge < -0.3 is 9.98 Å². The molecule has 24 heavy (non-hydrogen) atoms. The number of nitrogens with zero attached hydrogens (tertiary/aromatic N) is 3. The summed E-state index contributed by atoms with van der Waals surface area (Å²) in [5.74, 6) is 0. The van der Waals surface area contributed by atoms with Gasteiger partial charge in [-0.2, -0.15) is 10.4 Å². The maximum absolute atomic E-state index is 8.97. The maximum atomic E-state index is 8.97. The lowest BCUT2D eigenvalue weighted by molar-refractivity contribution is 0.724. The molecule has 0 aliphatic carbocycles. The Bertz CT molecular complexity index is 936. The van der Waals surface area contributed by atoms with Gasteiger partial charge in [-0.25, -0.2) is 0 Å². The van der Waals surface area contributed by atoms with Crippen molar-refractivity contribution < 1.29 is 0 Å². The molecule has 0 spiro atoms. The van der Waals surface area contributed by atoms with Crippen molar-refractivity contribution >= 4 is 6.21 Å². The van der Waals surface area contributed by atoms with Gasteiger partial charge in [0.2, 0.25) is 0 Å². The van der Waals surface area contributed by atoms with Gasteiger partial charge in [-0.3, -0.25) is 5.10 Å². The fraction of sp³-hybridized carbons (Fsp3) is 0.211. The SMILES string of the molecule is Cc1cn[nH]c1Cn1c(C)c(C=N)c(-c2ccc(C#N)cc2)c1C. The molecule has 120 valence electrons. The van der Waals surface area contributed by atoms with Crippen LogP contribution in [0.1, 0.15) is 33.8 Å². The largest absolute Gasteiger partial charge is 0.342 e. The first kappa shape index (κ1) is 15.8. The molecule has 0 fully saturated rings. The Morgan fingerprint density at radius 3 is 2.46 bits per heavy atom. The highest BCUT2D eigenvalue weighted by Crippen LogP contribution is 2.32. The molecule has 0 saturated heterocycles. The Hall–Kier alpha value is -3.13. The molecule has 2 N–H and O–H groups in total. The lowest BCUT2D eigenvalue weighted by Gasteiger charge is -2.09. The van der Waals surface area contributed by atoms with Crippen molar-refractivity contribution in [3.05, 3.63) is 64.2 Å². The van der Waals surface area contributed by atoms with Crippen LogP contribution in [0, 0.1) is 37.5 Å². The predicted molar refractivity (Wildman–Crippen MR) is 94.4 cm³/mol. The van der Waals surface area contributed by atoms with Crippen LogP contribution in [-0.4, -0.2) is 21.0 Å². The Kier molecular flexibility index (Phi) is 4.05. The van der Waals surface area contributed by atoms with Crippen LogP contribution >= 0.6 is 0 Å². The van der Waals surface area contributed by atoms with Gasteiger partial charge >= 0.3 is 0 Å². The van der Waals surface area contributed by atoms with E-state index in [9.17, 15) is 0 Å². The van der Waals surface area contributed by atoms with E-state index in [2.05, 4.69) is 27.8 Å². The van der Waals surface area contributed by atoms with E-state index in [-0.39, 0.29) is 0 Å². The van der Waals surface area contributed by atoms with E-state index in [1.165, 1.54) is 6.21 Å². The third-order valence-corrected chi connectivity index (χ3v) is 4.53. The minimum atomic E-state index is 0.636. The summed E-state index contributed by atoms with van der Waals surface area (Å²) < 4.78 is 2.20. The lowest BCUT2D eigenvalue weighted by Crippen LogP contribution is -2.05. The first-order chi connectivity index (χ1) is 11.6. The van der Waals surface area contributed by atoms with Crippen molar-refractivity contribution in [2.75, 3.05) is 0 Å². The predicted octanol–water partition coefficient (Wildman–Crippen LogP) is 3.72. The Labute approximate surface area is 141 Å². The van der Waals surface area contributed by atoms with Crippen molar-refractivity contribution in [1.82, 2.24) is 14.8 Å². The van der Waals surface area contributed by atoms with Gasteiger partial charge in [-0.15, -0.1) is 0 Å². The van der Waals surface area contributed by atoms with Crippen LogP contribution < -0.4 is 0 Å². The van der Waals surface area contributed by atoms with E-state index >= 15 is 0 Å². The molecule has 0 bridgehead atoms. The minimum absolute atomic E-state index is 0.636. The van der Waals surface area contributed by atoms with E-state index in [1.807, 2.05) is 44.3 Å². The number of H-pyrrole nitrogens is 1. The molecule has 0 radical (unpaired) electrons. The van der Waals surface area contributed by atoms with Crippen LogP contribution in [0.4, 0.5) is 0 Å². The number of rotatable bonds is 4. The van der Waals surface area contributed by atoms with Gasteiger partial charge in [-0.1, -0.05) is 12.1 Å². The van der Waals surface area contributed by atoms with Crippen molar-refractivity contribution in [2.45, 2.75) is 27.3 Å². The van der Waals surface area contributed by atoms with Crippen LogP contribution in [0.5, 0.6) is 0 Å². The van der Waals surface area contributed by atoms with Crippen molar-refractivity contribution in [3.8, 4) is 17.2 Å². The number of nitriles is 1. The van der Waals surface area contributed by atoms with Gasteiger partial charge in [0, 0.05) is 28.7 Å². The zero-order valence-electron chi connectivity index (χ0n) is 14.0. The fourth-order valence-corrected chi connectivity index (χ4v) is 3.09. The summed E-state index contributed by atoms with van der Waals surface area (Å²) >= 11 is 0. The number of aryl methyl sites for hydroxylation is 1. The van der Waals surface area contributed by atoms with E-state index in [4.69, 9.17) is 10.7 Å². The fourth-order valence-electron chi connectivity index (χ4n) is 3.09. The molecule has 2 heterocycles. The normalized spacial score (nSPS) is 10.6. The molecule has 5 nitrogen and oxygen atoms in total. The van der Waals surface area contributed by atoms with Crippen LogP contribution in [-0.2, 0) is 6.54 Å². The van der Waals surface area contributed by atoms with Gasteiger partial charge in [0.25, 0.3) is 0 Å². The second-order valence-corrected chi connectivity index (χ2v) is 5.91. The van der Waals surface area contributed by atoms with Crippen molar-refractivity contribution in [3.63, 3.8) is 0 Å². The van der Waals surface area contributed by atoms with E-state index < -0.39 is 0 Å². The third kappa shape index (κ3) is 2.52. The third-order valence-electron chi connectivity index (χ3n) is 4.53. The number of hydrogen-bond donors (Lipinski definition) is 2. The Morgan fingerprint density at radius 2 is 1.92 bits per heavy atom. The average molecular weight is 317 g/mol. The summed E-state index contributed by atoms with van der Waals surface area (Å²) in [6.07, 6.45) is 3.23. The van der Waals surface area contributed by atoms with Gasteiger partial charge in [0.1, 0.15) is 0 Å². The molecule has 3 rings (SSSR count). The van der Waals surface area contributed by atoms with Crippen LogP contribution in [0.2, 0.25) is 0 Å². The van der Waals surface area contributed by atoms with E-state index in [0.717, 1.165) is 39.3 Å². The molecule has 0 atom stereocenters. The standard InChI is InChI=1S/C19H19N5/c1-12-10-22-23-18(12)11-24-13(2)17(9-21)19(14(24)3)16-6-4-15(8-20)5-7-16/h4-7,9-10,21H,11H2,1-3H3,(H,22,23). The van der Waals surface area contributed by atoms with E-state index in [0.29, 0.717) is 12.1 Å². The molecular formula is C19H19N5. The minimum Gasteiger partial charge on any atom is -0.342 e. The highest BCUT2D eigenvalue weighted by atomic mass is 15.1. The molecule has 2 aromatic heterocycles. The second-order valence-electron chi connectivity index (χ2n) is 5.91. The van der Waals surface area contributed by atoms with Crippen molar-refractivity contribution in [2.24, 2.45) is 0 Å². The maximum Gasteiger partial charge on any atom is 0.0991 e. The molecule has 1 aromatic carbocycles. The molecule has 0 aliphatic heterocycles. The average Bonchev–Trinajstić information content (AvgIpc) is 3.10. The zero-order chi connectivity index (χ0) is 17.3. The quantitative estimate of drug-likeness (QED) is 0.719. The molecule has 5 heteroatoms. The molecule has 0 unspecified atom stereocenters. The second kappa shape index (κ2) is 6.17. The number of nitrogens with one attached hydrogen (secondary N) is 2. The highest BCUT2D eigenvalue weighted by Gasteiger charge is 2.18.